The van der Waals surface area contributed by atoms with Crippen LogP contribution in [0.1, 0.15) is 43.0 Å². The molecule has 0 fully saturated rings. The van der Waals surface area contributed by atoms with Gasteiger partial charge in [-0.05, 0) is 48.4 Å². The summed E-state index contributed by atoms with van der Waals surface area (Å²) in [5.41, 5.74) is 3.87. The Bertz CT molecular complexity index is 1190. The lowest BCUT2D eigenvalue weighted by molar-refractivity contribution is -0.117. The number of nitrogens with zero attached hydrogens (tertiary/aromatic N) is 1. The molecule has 0 saturated carbocycles. The van der Waals surface area contributed by atoms with Gasteiger partial charge in [-0.25, -0.2) is 0 Å². The molecule has 2 aromatic carbocycles. The summed E-state index contributed by atoms with van der Waals surface area (Å²) in [6.45, 7) is 1.54. The predicted molar refractivity (Wildman–Crippen MR) is 122 cm³/mol. The van der Waals surface area contributed by atoms with Crippen LogP contribution in [0.5, 0.6) is 5.75 Å². The third-order valence-corrected chi connectivity index (χ3v) is 6.20. The van der Waals surface area contributed by atoms with Gasteiger partial charge in [0.05, 0.1) is 30.8 Å². The lowest BCUT2D eigenvalue weighted by Gasteiger charge is -2.34. The van der Waals surface area contributed by atoms with E-state index in [1.54, 1.807) is 18.3 Å². The number of ketones is 1. The molecule has 1 aliphatic carbocycles. The number of methoxy groups -OCH3 is 1. The third-order valence-electron chi connectivity index (χ3n) is 6.20. The van der Waals surface area contributed by atoms with Crippen LogP contribution >= 0.6 is 0 Å². The summed E-state index contributed by atoms with van der Waals surface area (Å²) in [6.07, 6.45) is 2.60. The van der Waals surface area contributed by atoms with E-state index in [0.717, 1.165) is 34.1 Å². The molecule has 2 aliphatic rings. The standard InChI is InChI=1S/C26H24N2O4/c1-16(29)28-22-7-4-3-6-20(22)27-21-14-18(24-8-5-13-32-24)15-23(30)25(21)26(28)17-9-11-19(31-2)12-10-17/h3-13,18,26-27H,14-15H2,1-2H3/t18-,26-/m1/s1. The van der Waals surface area contributed by atoms with Crippen LogP contribution < -0.4 is 15.0 Å². The fraction of sp³-hybridized carbons (Fsp3) is 0.231. The molecule has 1 amide bonds. The average Bonchev–Trinajstić information content (AvgIpc) is 3.29. The second-order valence-electron chi connectivity index (χ2n) is 8.14. The zero-order valence-electron chi connectivity index (χ0n) is 18.0. The van der Waals surface area contributed by atoms with Gasteiger partial charge in [0.25, 0.3) is 0 Å². The largest absolute Gasteiger partial charge is 0.497 e. The van der Waals surface area contributed by atoms with Crippen molar-refractivity contribution < 1.29 is 18.7 Å². The molecular formula is C26H24N2O4. The molecule has 1 aromatic heterocycles. The van der Waals surface area contributed by atoms with Crippen LogP contribution in [0.3, 0.4) is 0 Å². The van der Waals surface area contributed by atoms with Gasteiger partial charge in [0.1, 0.15) is 11.5 Å². The molecule has 1 N–H and O–H groups in total. The van der Waals surface area contributed by atoms with Gasteiger partial charge in [0, 0.05) is 30.5 Å². The predicted octanol–water partition coefficient (Wildman–Crippen LogP) is 5.21. The van der Waals surface area contributed by atoms with Gasteiger partial charge in [0.2, 0.25) is 5.91 Å². The van der Waals surface area contributed by atoms with Crippen LogP contribution in [-0.4, -0.2) is 18.8 Å². The van der Waals surface area contributed by atoms with Gasteiger partial charge < -0.3 is 14.5 Å². The number of amides is 1. The number of Topliss-reactive ketones (excluding diaryl/α,β-unsaturated/α-hetero) is 1. The monoisotopic (exact) mass is 428 g/mol. The van der Waals surface area contributed by atoms with Crippen LogP contribution in [0.25, 0.3) is 0 Å². The quantitative estimate of drug-likeness (QED) is 0.620. The smallest absolute Gasteiger partial charge is 0.224 e. The van der Waals surface area contributed by atoms with Crippen LogP contribution in [-0.2, 0) is 9.59 Å². The number of furan rings is 1. The lowest BCUT2D eigenvalue weighted by Crippen LogP contribution is -2.37. The molecule has 5 rings (SSSR count). The lowest BCUT2D eigenvalue weighted by atomic mass is 9.80. The molecule has 2 heterocycles. The number of allylic oxidation sites excluding steroid dienone is 1. The molecule has 0 bridgehead atoms. The van der Waals surface area contributed by atoms with E-state index in [1.165, 1.54) is 6.92 Å². The minimum absolute atomic E-state index is 0.0139. The summed E-state index contributed by atoms with van der Waals surface area (Å²) in [6, 6.07) is 18.5. The Balaban J connectivity index is 1.70. The van der Waals surface area contributed by atoms with Crippen molar-refractivity contribution >= 4 is 23.1 Å². The highest BCUT2D eigenvalue weighted by Gasteiger charge is 2.41. The molecule has 162 valence electrons. The Labute approximate surface area is 186 Å². The van der Waals surface area contributed by atoms with Gasteiger partial charge in [-0.15, -0.1) is 0 Å². The Kier molecular flexibility index (Phi) is 5.05. The van der Waals surface area contributed by atoms with Crippen LogP contribution in [0.15, 0.2) is 82.6 Å². The number of rotatable bonds is 3. The van der Waals surface area contributed by atoms with E-state index in [2.05, 4.69) is 5.32 Å². The highest BCUT2D eigenvalue weighted by atomic mass is 16.5. The maximum Gasteiger partial charge on any atom is 0.224 e. The average molecular weight is 428 g/mol. The third kappa shape index (κ3) is 3.38. The number of fused-ring (bicyclic) bond motifs is 1. The van der Waals surface area contributed by atoms with E-state index < -0.39 is 6.04 Å². The van der Waals surface area contributed by atoms with E-state index in [0.29, 0.717) is 18.4 Å². The molecule has 2 atom stereocenters. The Morgan fingerprint density at radius 2 is 1.84 bits per heavy atom. The summed E-state index contributed by atoms with van der Waals surface area (Å²) in [5, 5.41) is 3.49. The number of nitrogens with one attached hydrogen (secondary N) is 1. The number of carbonyl (C=O) groups excluding carboxylic acids is 2. The van der Waals surface area contributed by atoms with Crippen molar-refractivity contribution in [3.05, 3.63) is 89.5 Å². The van der Waals surface area contributed by atoms with Gasteiger partial charge in [-0.3, -0.25) is 14.5 Å². The summed E-state index contributed by atoms with van der Waals surface area (Å²) in [4.78, 5) is 28.3. The Morgan fingerprint density at radius 3 is 2.53 bits per heavy atom. The number of benzene rings is 2. The molecule has 6 nitrogen and oxygen atoms in total. The van der Waals surface area contributed by atoms with Crippen molar-refractivity contribution in [2.24, 2.45) is 0 Å². The van der Waals surface area contributed by atoms with E-state index in [9.17, 15) is 9.59 Å². The molecule has 0 saturated heterocycles. The first kappa shape index (κ1) is 20.1. The maximum atomic E-state index is 13.6. The summed E-state index contributed by atoms with van der Waals surface area (Å²) < 4.78 is 10.9. The first-order valence-corrected chi connectivity index (χ1v) is 10.7. The molecule has 3 aromatic rings. The molecule has 32 heavy (non-hydrogen) atoms. The zero-order valence-corrected chi connectivity index (χ0v) is 18.0. The SMILES string of the molecule is COc1ccc([C@@H]2C3=C(C[C@@H](c4ccco4)CC3=O)Nc3ccccc3N2C(C)=O)cc1. The minimum atomic E-state index is -0.533. The van der Waals surface area contributed by atoms with Crippen molar-refractivity contribution in [1.29, 1.82) is 0 Å². The topological polar surface area (TPSA) is 71.8 Å². The van der Waals surface area contributed by atoms with Crippen molar-refractivity contribution in [3.63, 3.8) is 0 Å². The van der Waals surface area contributed by atoms with E-state index in [4.69, 9.17) is 9.15 Å². The van der Waals surface area contributed by atoms with Crippen LogP contribution in [0, 0.1) is 0 Å². The number of hydrogen-bond donors (Lipinski definition) is 1. The number of carbonyl (C=O) groups is 2. The summed E-state index contributed by atoms with van der Waals surface area (Å²) in [5.74, 6) is 1.36. The fourth-order valence-corrected chi connectivity index (χ4v) is 4.76. The van der Waals surface area contributed by atoms with Crippen LogP contribution in [0.2, 0.25) is 0 Å². The number of ether oxygens (including phenoxy) is 1. The highest BCUT2D eigenvalue weighted by Crippen LogP contribution is 2.47. The van der Waals surface area contributed by atoms with Crippen molar-refractivity contribution in [2.75, 3.05) is 17.3 Å². The molecule has 0 radical (unpaired) electrons. The zero-order chi connectivity index (χ0) is 22.2. The van der Waals surface area contributed by atoms with Crippen LogP contribution in [0.4, 0.5) is 11.4 Å². The van der Waals surface area contributed by atoms with Gasteiger partial charge in [-0.2, -0.15) is 0 Å². The fourth-order valence-electron chi connectivity index (χ4n) is 4.76. The van der Waals surface area contributed by atoms with Crippen molar-refractivity contribution in [3.8, 4) is 5.75 Å². The normalized spacial score (nSPS) is 20.2. The first-order valence-electron chi connectivity index (χ1n) is 10.7. The second kappa shape index (κ2) is 8.04. The van der Waals surface area contributed by atoms with Gasteiger partial charge >= 0.3 is 0 Å². The first-order chi connectivity index (χ1) is 15.6. The van der Waals surface area contributed by atoms with Crippen molar-refractivity contribution in [2.45, 2.75) is 31.7 Å². The summed E-state index contributed by atoms with van der Waals surface area (Å²) >= 11 is 0. The highest BCUT2D eigenvalue weighted by molar-refractivity contribution is 6.05. The second-order valence-corrected chi connectivity index (χ2v) is 8.14. The molecule has 0 spiro atoms. The van der Waals surface area contributed by atoms with E-state index >= 15 is 0 Å². The number of hydrogen-bond acceptors (Lipinski definition) is 5. The molecular weight excluding hydrogens is 404 g/mol. The van der Waals surface area contributed by atoms with E-state index in [1.807, 2.05) is 60.7 Å². The minimum Gasteiger partial charge on any atom is -0.497 e. The molecule has 0 unspecified atom stereocenters. The summed E-state index contributed by atoms with van der Waals surface area (Å²) in [7, 11) is 1.61. The van der Waals surface area contributed by atoms with Gasteiger partial charge in [-0.1, -0.05) is 24.3 Å². The molecule has 6 heteroatoms. The Hall–Kier alpha value is -3.80. The Morgan fingerprint density at radius 1 is 1.06 bits per heavy atom. The molecule has 1 aliphatic heterocycles. The van der Waals surface area contributed by atoms with E-state index in [-0.39, 0.29) is 17.6 Å². The number of para-hydroxylation sites is 2. The number of anilines is 2. The maximum absolute atomic E-state index is 13.6. The van der Waals surface area contributed by atoms with Gasteiger partial charge in [0.15, 0.2) is 5.78 Å². The van der Waals surface area contributed by atoms with Crippen molar-refractivity contribution in [1.82, 2.24) is 0 Å².